The van der Waals surface area contributed by atoms with Crippen LogP contribution >= 0.6 is 0 Å². The molecule has 0 radical (unpaired) electrons. The zero-order chi connectivity index (χ0) is 13.9. The Morgan fingerprint density at radius 2 is 1.80 bits per heavy atom. The minimum absolute atomic E-state index is 0.108. The predicted molar refractivity (Wildman–Crippen MR) is 78.1 cm³/mol. The first kappa shape index (κ1) is 12.4. The van der Waals surface area contributed by atoms with E-state index in [1.54, 1.807) is 0 Å². The molecule has 2 aromatic carbocycles. The molecule has 1 aromatic heterocycles. The molecule has 0 saturated heterocycles. The molecule has 1 heterocycles. The van der Waals surface area contributed by atoms with E-state index in [-0.39, 0.29) is 6.01 Å². The smallest absolute Gasteiger partial charge is 0.312 e. The molecule has 20 heavy (non-hydrogen) atoms. The molecule has 0 aliphatic heterocycles. The SMILES string of the molecule is Cc1ccc(-c2ccccc2)cc1Cc1nnc(N)o1. The molecule has 3 aromatic rings. The van der Waals surface area contributed by atoms with Crippen LogP contribution in [0.1, 0.15) is 17.0 Å². The van der Waals surface area contributed by atoms with Crippen molar-refractivity contribution in [1.82, 2.24) is 10.2 Å². The Kier molecular flexibility index (Phi) is 3.21. The third kappa shape index (κ3) is 2.54. The fourth-order valence-corrected chi connectivity index (χ4v) is 2.17. The van der Waals surface area contributed by atoms with E-state index < -0.39 is 0 Å². The van der Waals surface area contributed by atoms with Crippen LogP contribution in [0.25, 0.3) is 11.1 Å². The third-order valence-corrected chi connectivity index (χ3v) is 3.28. The van der Waals surface area contributed by atoms with Crippen LogP contribution in [-0.4, -0.2) is 10.2 Å². The van der Waals surface area contributed by atoms with Crippen molar-refractivity contribution in [2.45, 2.75) is 13.3 Å². The number of aryl methyl sites for hydroxylation is 1. The maximum atomic E-state index is 5.45. The number of hydrogen-bond acceptors (Lipinski definition) is 4. The van der Waals surface area contributed by atoms with Crippen LogP contribution in [0.3, 0.4) is 0 Å². The van der Waals surface area contributed by atoms with E-state index in [0.717, 1.165) is 5.56 Å². The highest BCUT2D eigenvalue weighted by Crippen LogP contribution is 2.23. The summed E-state index contributed by atoms with van der Waals surface area (Å²) in [6.07, 6.45) is 0.594. The van der Waals surface area contributed by atoms with Crippen LogP contribution in [-0.2, 0) is 6.42 Å². The Bertz CT molecular complexity index is 720. The summed E-state index contributed by atoms with van der Waals surface area (Å²) in [5, 5.41) is 7.60. The molecule has 0 saturated carbocycles. The van der Waals surface area contributed by atoms with Gasteiger partial charge >= 0.3 is 6.01 Å². The Balaban J connectivity index is 1.95. The van der Waals surface area contributed by atoms with Gasteiger partial charge in [0, 0.05) is 0 Å². The molecule has 0 unspecified atom stereocenters. The van der Waals surface area contributed by atoms with E-state index in [1.807, 2.05) is 18.2 Å². The quantitative estimate of drug-likeness (QED) is 0.789. The maximum Gasteiger partial charge on any atom is 0.312 e. The van der Waals surface area contributed by atoms with E-state index in [2.05, 4.69) is 47.5 Å². The van der Waals surface area contributed by atoms with Crippen molar-refractivity contribution in [3.63, 3.8) is 0 Å². The topological polar surface area (TPSA) is 64.9 Å². The van der Waals surface area contributed by atoms with Crippen molar-refractivity contribution >= 4 is 6.01 Å². The van der Waals surface area contributed by atoms with Gasteiger partial charge in [-0.05, 0) is 29.2 Å². The molecule has 2 N–H and O–H groups in total. The minimum atomic E-state index is 0.108. The monoisotopic (exact) mass is 265 g/mol. The van der Waals surface area contributed by atoms with Crippen molar-refractivity contribution in [1.29, 1.82) is 0 Å². The summed E-state index contributed by atoms with van der Waals surface area (Å²) in [7, 11) is 0. The molecule has 4 nitrogen and oxygen atoms in total. The highest BCUT2D eigenvalue weighted by molar-refractivity contribution is 5.64. The van der Waals surface area contributed by atoms with Crippen molar-refractivity contribution in [2.75, 3.05) is 5.73 Å². The molecule has 0 aliphatic carbocycles. The molecule has 0 amide bonds. The second-order valence-corrected chi connectivity index (χ2v) is 4.72. The van der Waals surface area contributed by atoms with E-state index >= 15 is 0 Å². The molecule has 3 rings (SSSR count). The van der Waals surface area contributed by atoms with Gasteiger partial charge in [-0.2, -0.15) is 0 Å². The molecule has 4 heteroatoms. The van der Waals surface area contributed by atoms with Gasteiger partial charge in [0.05, 0.1) is 6.42 Å². The van der Waals surface area contributed by atoms with Gasteiger partial charge in [-0.1, -0.05) is 53.6 Å². The fourth-order valence-electron chi connectivity index (χ4n) is 2.17. The predicted octanol–water partition coefficient (Wildman–Crippen LogP) is 3.22. The second kappa shape index (κ2) is 5.17. The first-order chi connectivity index (χ1) is 9.72. The van der Waals surface area contributed by atoms with Crippen LogP contribution < -0.4 is 5.73 Å². The lowest BCUT2D eigenvalue weighted by Crippen LogP contribution is -1.93. The molecule has 0 atom stereocenters. The maximum absolute atomic E-state index is 5.45. The van der Waals surface area contributed by atoms with Crippen LogP contribution in [0.2, 0.25) is 0 Å². The molecule has 0 fully saturated rings. The number of anilines is 1. The molecule has 100 valence electrons. The largest absolute Gasteiger partial charge is 0.408 e. The van der Waals surface area contributed by atoms with Gasteiger partial charge < -0.3 is 10.2 Å². The summed E-state index contributed by atoms with van der Waals surface area (Å²) >= 11 is 0. The van der Waals surface area contributed by atoms with Gasteiger partial charge in [-0.15, -0.1) is 5.10 Å². The number of nitrogens with zero attached hydrogens (tertiary/aromatic N) is 2. The molecule has 0 spiro atoms. The first-order valence-electron chi connectivity index (χ1n) is 6.45. The van der Waals surface area contributed by atoms with E-state index in [9.17, 15) is 0 Å². The van der Waals surface area contributed by atoms with E-state index in [0.29, 0.717) is 12.3 Å². The van der Waals surface area contributed by atoms with Gasteiger partial charge in [-0.25, -0.2) is 0 Å². The molecule has 0 aliphatic rings. The van der Waals surface area contributed by atoms with Gasteiger partial charge in [-0.3, -0.25) is 0 Å². The van der Waals surface area contributed by atoms with Gasteiger partial charge in [0.25, 0.3) is 0 Å². The van der Waals surface area contributed by atoms with Crippen molar-refractivity contribution in [2.24, 2.45) is 0 Å². The van der Waals surface area contributed by atoms with Crippen molar-refractivity contribution < 1.29 is 4.42 Å². The van der Waals surface area contributed by atoms with E-state index in [1.165, 1.54) is 16.7 Å². The molecular weight excluding hydrogens is 250 g/mol. The second-order valence-electron chi connectivity index (χ2n) is 4.72. The lowest BCUT2D eigenvalue weighted by atomic mass is 9.98. The van der Waals surface area contributed by atoms with Crippen LogP contribution in [0.15, 0.2) is 52.9 Å². The molecule has 0 bridgehead atoms. The van der Waals surface area contributed by atoms with Gasteiger partial charge in [0.2, 0.25) is 5.89 Å². The van der Waals surface area contributed by atoms with Gasteiger partial charge in [0.15, 0.2) is 0 Å². The lowest BCUT2D eigenvalue weighted by molar-refractivity contribution is 0.522. The van der Waals surface area contributed by atoms with Crippen molar-refractivity contribution in [3.05, 3.63) is 65.5 Å². The Morgan fingerprint density at radius 1 is 1.00 bits per heavy atom. The van der Waals surface area contributed by atoms with Crippen molar-refractivity contribution in [3.8, 4) is 11.1 Å². The fraction of sp³-hybridized carbons (Fsp3) is 0.125. The first-order valence-corrected chi connectivity index (χ1v) is 6.45. The summed E-state index contributed by atoms with van der Waals surface area (Å²) in [6, 6.07) is 16.8. The highest BCUT2D eigenvalue weighted by Gasteiger charge is 2.08. The summed E-state index contributed by atoms with van der Waals surface area (Å²) in [5.74, 6) is 0.538. The number of aromatic nitrogens is 2. The van der Waals surface area contributed by atoms with Crippen LogP contribution in [0.4, 0.5) is 6.01 Å². The Labute approximate surface area is 117 Å². The number of benzene rings is 2. The van der Waals surface area contributed by atoms with E-state index in [4.69, 9.17) is 10.2 Å². The third-order valence-electron chi connectivity index (χ3n) is 3.28. The summed E-state index contributed by atoms with van der Waals surface area (Å²) in [6.45, 7) is 2.07. The minimum Gasteiger partial charge on any atom is -0.408 e. The van der Waals surface area contributed by atoms with Crippen LogP contribution in [0.5, 0.6) is 0 Å². The number of hydrogen-bond donors (Lipinski definition) is 1. The summed E-state index contributed by atoms with van der Waals surface area (Å²) < 4.78 is 5.24. The Hall–Kier alpha value is -2.62. The van der Waals surface area contributed by atoms with Crippen LogP contribution in [0, 0.1) is 6.92 Å². The zero-order valence-corrected chi connectivity index (χ0v) is 11.2. The molecular formula is C16H15N3O. The lowest BCUT2D eigenvalue weighted by Gasteiger charge is -2.07. The summed E-state index contributed by atoms with van der Waals surface area (Å²) in [4.78, 5) is 0. The normalized spacial score (nSPS) is 10.7. The number of rotatable bonds is 3. The number of nitrogen functional groups attached to an aromatic ring is 1. The average molecular weight is 265 g/mol. The average Bonchev–Trinajstić information content (AvgIpc) is 2.88. The van der Waals surface area contributed by atoms with Gasteiger partial charge in [0.1, 0.15) is 0 Å². The summed E-state index contributed by atoms with van der Waals surface area (Å²) in [5.41, 5.74) is 10.2. The Morgan fingerprint density at radius 3 is 2.50 bits per heavy atom. The standard InChI is InChI=1S/C16H15N3O/c1-11-7-8-13(12-5-3-2-4-6-12)9-14(11)10-15-18-19-16(17)20-15/h2-9H,10H2,1H3,(H2,17,19). The zero-order valence-electron chi connectivity index (χ0n) is 11.2. The highest BCUT2D eigenvalue weighted by atomic mass is 16.4. The number of nitrogens with two attached hydrogens (primary N) is 1.